The summed E-state index contributed by atoms with van der Waals surface area (Å²) in [7, 11) is 1.72. The summed E-state index contributed by atoms with van der Waals surface area (Å²) >= 11 is 0. The Morgan fingerprint density at radius 1 is 1.14 bits per heavy atom. The fourth-order valence-corrected chi connectivity index (χ4v) is 3.59. The number of anilines is 1. The summed E-state index contributed by atoms with van der Waals surface area (Å²) in [4.78, 5) is 34.8. The quantitative estimate of drug-likeness (QED) is 0.719. The van der Waals surface area contributed by atoms with E-state index in [1.807, 2.05) is 30.5 Å². The van der Waals surface area contributed by atoms with Gasteiger partial charge in [0.2, 0.25) is 11.8 Å². The number of imidazole rings is 1. The van der Waals surface area contributed by atoms with Gasteiger partial charge in [-0.15, -0.1) is 0 Å². The molecule has 0 spiro atoms. The van der Waals surface area contributed by atoms with Crippen LogP contribution in [0, 0.1) is 5.92 Å². The standard InChI is InChI=1S/C21H24N6O2/c1-4-16-17(5-2)25-27-12-18(24-21(27)23-16)13-6-8-15(9-7-13)22-20(29)14-10-19(28)26(3)11-14/h6-9,12,14H,4-5,10-11H2,1-3H3,(H,22,29). The lowest BCUT2D eigenvalue weighted by Gasteiger charge is -2.11. The molecule has 3 aromatic rings. The first-order valence-electron chi connectivity index (χ1n) is 9.89. The topological polar surface area (TPSA) is 92.5 Å². The van der Waals surface area contributed by atoms with Gasteiger partial charge in [0.05, 0.1) is 29.2 Å². The number of nitrogens with zero attached hydrogens (tertiary/aromatic N) is 5. The highest BCUT2D eigenvalue weighted by Gasteiger charge is 2.32. The van der Waals surface area contributed by atoms with Crippen molar-refractivity contribution in [1.29, 1.82) is 0 Å². The molecule has 0 bridgehead atoms. The van der Waals surface area contributed by atoms with Gasteiger partial charge >= 0.3 is 0 Å². The molecule has 1 aliphatic rings. The second kappa shape index (κ2) is 7.62. The number of aromatic nitrogens is 4. The minimum absolute atomic E-state index is 0.00651. The maximum atomic E-state index is 12.4. The fraction of sp³-hybridized carbons (Fsp3) is 0.381. The van der Waals surface area contributed by atoms with Crippen LogP contribution in [0.5, 0.6) is 0 Å². The summed E-state index contributed by atoms with van der Waals surface area (Å²) in [5, 5.41) is 7.52. The Morgan fingerprint density at radius 3 is 2.48 bits per heavy atom. The molecule has 1 aromatic carbocycles. The molecule has 8 heteroatoms. The van der Waals surface area contributed by atoms with Crippen molar-refractivity contribution in [2.45, 2.75) is 33.1 Å². The first-order chi connectivity index (χ1) is 14.0. The molecule has 2 aromatic heterocycles. The van der Waals surface area contributed by atoms with Crippen molar-refractivity contribution in [3.63, 3.8) is 0 Å². The lowest BCUT2D eigenvalue weighted by atomic mass is 10.1. The molecule has 0 saturated carbocycles. The molecule has 29 heavy (non-hydrogen) atoms. The molecule has 1 atom stereocenters. The normalized spacial score (nSPS) is 16.6. The van der Waals surface area contributed by atoms with Crippen LogP contribution in [0.1, 0.15) is 31.7 Å². The van der Waals surface area contributed by atoms with Crippen LogP contribution in [-0.2, 0) is 22.4 Å². The Bertz CT molecular complexity index is 1030. The molecule has 4 rings (SSSR count). The first-order valence-corrected chi connectivity index (χ1v) is 9.89. The smallest absolute Gasteiger partial charge is 0.251 e. The zero-order valence-electron chi connectivity index (χ0n) is 16.8. The number of benzene rings is 1. The van der Waals surface area contributed by atoms with Crippen LogP contribution in [0.2, 0.25) is 0 Å². The minimum Gasteiger partial charge on any atom is -0.345 e. The summed E-state index contributed by atoms with van der Waals surface area (Å²) in [5.74, 6) is 0.160. The Labute approximate surface area is 169 Å². The number of hydrogen-bond acceptors (Lipinski definition) is 5. The maximum absolute atomic E-state index is 12.4. The molecule has 1 saturated heterocycles. The number of hydrogen-bond donors (Lipinski definition) is 1. The number of likely N-dealkylation sites (tertiary alicyclic amines) is 1. The molecule has 1 fully saturated rings. The van der Waals surface area contributed by atoms with Gasteiger partial charge in [0.25, 0.3) is 5.78 Å². The molecule has 2 amide bonds. The zero-order chi connectivity index (χ0) is 20.5. The van der Waals surface area contributed by atoms with Crippen LogP contribution in [0.15, 0.2) is 30.5 Å². The highest BCUT2D eigenvalue weighted by molar-refractivity contribution is 5.97. The highest BCUT2D eigenvalue weighted by Crippen LogP contribution is 2.23. The van der Waals surface area contributed by atoms with Gasteiger partial charge in [-0.1, -0.05) is 26.0 Å². The van der Waals surface area contributed by atoms with E-state index < -0.39 is 0 Å². The Hall–Kier alpha value is -3.29. The summed E-state index contributed by atoms with van der Waals surface area (Å²) in [6, 6.07) is 7.50. The second-order valence-corrected chi connectivity index (χ2v) is 7.32. The van der Waals surface area contributed by atoms with Gasteiger partial charge in [0, 0.05) is 31.3 Å². The fourth-order valence-electron chi connectivity index (χ4n) is 3.59. The van der Waals surface area contributed by atoms with Gasteiger partial charge in [-0.2, -0.15) is 5.10 Å². The third kappa shape index (κ3) is 3.70. The molecule has 3 heterocycles. The van der Waals surface area contributed by atoms with Crippen molar-refractivity contribution in [3.05, 3.63) is 41.9 Å². The number of amides is 2. The van der Waals surface area contributed by atoms with Gasteiger partial charge in [0.15, 0.2) is 0 Å². The molecule has 150 valence electrons. The Kier molecular flexibility index (Phi) is 5.00. The van der Waals surface area contributed by atoms with Crippen LogP contribution in [0.3, 0.4) is 0 Å². The first kappa shape index (κ1) is 19.0. The predicted molar refractivity (Wildman–Crippen MR) is 109 cm³/mol. The number of carbonyl (C=O) groups is 2. The van der Waals surface area contributed by atoms with Gasteiger partial charge < -0.3 is 10.2 Å². The van der Waals surface area contributed by atoms with Crippen molar-refractivity contribution in [2.24, 2.45) is 5.92 Å². The van der Waals surface area contributed by atoms with Crippen LogP contribution in [0.4, 0.5) is 5.69 Å². The Morgan fingerprint density at radius 2 is 1.86 bits per heavy atom. The van der Waals surface area contributed by atoms with Gasteiger partial charge in [-0.05, 0) is 25.0 Å². The van der Waals surface area contributed by atoms with Crippen molar-refractivity contribution in [1.82, 2.24) is 24.5 Å². The van der Waals surface area contributed by atoms with Gasteiger partial charge in [0.1, 0.15) is 0 Å². The molecular weight excluding hydrogens is 368 g/mol. The minimum atomic E-state index is -0.303. The van der Waals surface area contributed by atoms with E-state index in [9.17, 15) is 9.59 Å². The van der Waals surface area contributed by atoms with E-state index in [2.05, 4.69) is 34.2 Å². The van der Waals surface area contributed by atoms with Gasteiger partial charge in [-0.3, -0.25) is 9.59 Å². The van der Waals surface area contributed by atoms with E-state index in [1.54, 1.807) is 16.5 Å². The molecular formula is C21H24N6O2. The summed E-state index contributed by atoms with van der Waals surface area (Å²) in [6.45, 7) is 4.60. The predicted octanol–water partition coefficient (Wildman–Crippen LogP) is 2.33. The van der Waals surface area contributed by atoms with Crippen molar-refractivity contribution in [2.75, 3.05) is 18.9 Å². The summed E-state index contributed by atoms with van der Waals surface area (Å²) in [5.41, 5.74) is 4.36. The average Bonchev–Trinajstić information content (AvgIpc) is 3.30. The van der Waals surface area contributed by atoms with Gasteiger partial charge in [-0.25, -0.2) is 14.5 Å². The van der Waals surface area contributed by atoms with E-state index in [4.69, 9.17) is 0 Å². The molecule has 0 radical (unpaired) electrons. The maximum Gasteiger partial charge on any atom is 0.251 e. The molecule has 1 N–H and O–H groups in total. The van der Waals surface area contributed by atoms with E-state index in [-0.39, 0.29) is 24.2 Å². The lowest BCUT2D eigenvalue weighted by molar-refractivity contribution is -0.127. The summed E-state index contributed by atoms with van der Waals surface area (Å²) < 4.78 is 1.72. The zero-order valence-corrected chi connectivity index (χ0v) is 16.8. The van der Waals surface area contributed by atoms with Crippen molar-refractivity contribution < 1.29 is 9.59 Å². The van der Waals surface area contributed by atoms with Crippen LogP contribution in [0.25, 0.3) is 17.0 Å². The third-order valence-electron chi connectivity index (χ3n) is 5.30. The Balaban J connectivity index is 1.52. The van der Waals surface area contributed by atoms with Crippen molar-refractivity contribution in [3.8, 4) is 11.3 Å². The largest absolute Gasteiger partial charge is 0.345 e. The SMILES string of the molecule is CCc1nc2nc(-c3ccc(NC(=O)C4CC(=O)N(C)C4)cc3)cn2nc1CC. The number of aryl methyl sites for hydroxylation is 2. The van der Waals surface area contributed by atoms with E-state index in [0.29, 0.717) is 18.0 Å². The lowest BCUT2D eigenvalue weighted by Crippen LogP contribution is -2.25. The van der Waals surface area contributed by atoms with E-state index in [1.165, 1.54) is 0 Å². The highest BCUT2D eigenvalue weighted by atomic mass is 16.2. The number of fused-ring (bicyclic) bond motifs is 1. The van der Waals surface area contributed by atoms with E-state index >= 15 is 0 Å². The molecule has 1 aliphatic heterocycles. The molecule has 0 aliphatic carbocycles. The van der Waals surface area contributed by atoms with Crippen LogP contribution >= 0.6 is 0 Å². The average molecular weight is 392 g/mol. The van der Waals surface area contributed by atoms with Crippen LogP contribution < -0.4 is 5.32 Å². The number of rotatable bonds is 5. The number of carbonyl (C=O) groups excluding carboxylic acids is 2. The molecule has 1 unspecified atom stereocenters. The number of nitrogens with one attached hydrogen (secondary N) is 1. The monoisotopic (exact) mass is 392 g/mol. The summed E-state index contributed by atoms with van der Waals surface area (Å²) in [6.07, 6.45) is 3.79. The van der Waals surface area contributed by atoms with E-state index in [0.717, 1.165) is 35.5 Å². The van der Waals surface area contributed by atoms with Crippen LogP contribution in [-0.4, -0.2) is 49.9 Å². The molecule has 8 nitrogen and oxygen atoms in total. The van der Waals surface area contributed by atoms with Crippen molar-refractivity contribution >= 4 is 23.3 Å². The second-order valence-electron chi connectivity index (χ2n) is 7.32. The third-order valence-corrected chi connectivity index (χ3v) is 5.30.